The lowest BCUT2D eigenvalue weighted by atomic mass is 10.1. The van der Waals surface area contributed by atoms with Gasteiger partial charge in [0.15, 0.2) is 0 Å². The Morgan fingerprint density at radius 1 is 0.875 bits per heavy atom. The van der Waals surface area contributed by atoms with Crippen molar-refractivity contribution in [2.24, 2.45) is 0 Å². The molecule has 0 saturated heterocycles. The van der Waals surface area contributed by atoms with Gasteiger partial charge in [0, 0.05) is 11.7 Å². The lowest BCUT2D eigenvalue weighted by molar-refractivity contribution is 1.19. The van der Waals surface area contributed by atoms with Crippen molar-refractivity contribution in [3.8, 4) is 11.3 Å². The maximum atomic E-state index is 2.24. The fraction of sp³-hybridized carbons (Fsp3) is 0.0667. The van der Waals surface area contributed by atoms with Crippen LogP contribution in [-0.2, 0) is 0 Å². The Balaban J connectivity index is 2.35. The van der Waals surface area contributed by atoms with Gasteiger partial charge >= 0.3 is 0 Å². The van der Waals surface area contributed by atoms with Gasteiger partial charge in [0.2, 0.25) is 0 Å². The molecule has 78 valence electrons. The highest BCUT2D eigenvalue weighted by molar-refractivity contribution is 5.71. The molecule has 0 atom stereocenters. The quantitative estimate of drug-likeness (QED) is 0.569. The Labute approximate surface area is 95.0 Å². The number of aromatic nitrogens is 1. The Morgan fingerprint density at radius 2 is 1.62 bits per heavy atom. The Hall–Kier alpha value is -2.02. The van der Waals surface area contributed by atoms with Gasteiger partial charge in [0.1, 0.15) is 0 Å². The summed E-state index contributed by atoms with van der Waals surface area (Å²) in [5.74, 6) is 0. The van der Waals surface area contributed by atoms with Crippen LogP contribution in [-0.4, -0.2) is 4.40 Å². The molecule has 0 aliphatic carbocycles. The third-order valence-corrected chi connectivity index (χ3v) is 2.92. The van der Waals surface area contributed by atoms with E-state index in [0.29, 0.717) is 0 Å². The number of aryl methyl sites for hydroxylation is 1. The summed E-state index contributed by atoms with van der Waals surface area (Å²) < 4.78 is 2.24. The Morgan fingerprint density at radius 3 is 2.44 bits per heavy atom. The molecular weight excluding hydrogens is 194 g/mol. The fourth-order valence-corrected chi connectivity index (χ4v) is 2.22. The first-order valence-electron chi connectivity index (χ1n) is 5.48. The van der Waals surface area contributed by atoms with E-state index in [9.17, 15) is 0 Å². The van der Waals surface area contributed by atoms with Crippen LogP contribution >= 0.6 is 0 Å². The SMILES string of the molecule is Cc1cc2ccccn2c1-c1ccccc1. The van der Waals surface area contributed by atoms with E-state index in [1.165, 1.54) is 22.3 Å². The van der Waals surface area contributed by atoms with Gasteiger partial charge in [-0.3, -0.25) is 0 Å². The van der Waals surface area contributed by atoms with Crippen LogP contribution in [0.15, 0.2) is 60.8 Å². The lowest BCUT2D eigenvalue weighted by Gasteiger charge is -2.04. The number of nitrogens with zero attached hydrogens (tertiary/aromatic N) is 1. The van der Waals surface area contributed by atoms with E-state index in [1.54, 1.807) is 0 Å². The minimum atomic E-state index is 1.25. The highest BCUT2D eigenvalue weighted by atomic mass is 14.9. The Bertz CT molecular complexity index is 620. The van der Waals surface area contributed by atoms with Crippen molar-refractivity contribution in [3.63, 3.8) is 0 Å². The van der Waals surface area contributed by atoms with E-state index in [4.69, 9.17) is 0 Å². The van der Waals surface area contributed by atoms with E-state index in [1.807, 2.05) is 0 Å². The van der Waals surface area contributed by atoms with Crippen molar-refractivity contribution < 1.29 is 0 Å². The number of fused-ring (bicyclic) bond motifs is 1. The van der Waals surface area contributed by atoms with Gasteiger partial charge in [-0.25, -0.2) is 0 Å². The van der Waals surface area contributed by atoms with Crippen molar-refractivity contribution in [1.82, 2.24) is 4.40 Å². The topological polar surface area (TPSA) is 4.41 Å². The molecule has 0 aliphatic rings. The molecule has 16 heavy (non-hydrogen) atoms. The first-order valence-corrected chi connectivity index (χ1v) is 5.48. The molecule has 0 spiro atoms. The van der Waals surface area contributed by atoms with Gasteiger partial charge in [-0.2, -0.15) is 0 Å². The molecule has 0 fully saturated rings. The fourth-order valence-electron chi connectivity index (χ4n) is 2.22. The molecule has 1 heteroatoms. The van der Waals surface area contributed by atoms with Crippen LogP contribution in [0.4, 0.5) is 0 Å². The zero-order valence-corrected chi connectivity index (χ0v) is 9.22. The lowest BCUT2D eigenvalue weighted by Crippen LogP contribution is -1.87. The summed E-state index contributed by atoms with van der Waals surface area (Å²) in [4.78, 5) is 0. The molecule has 2 heterocycles. The smallest absolute Gasteiger partial charge is 0.0557 e. The van der Waals surface area contributed by atoms with Crippen LogP contribution in [0.5, 0.6) is 0 Å². The van der Waals surface area contributed by atoms with Gasteiger partial charge in [-0.1, -0.05) is 36.4 Å². The van der Waals surface area contributed by atoms with Crippen LogP contribution in [0.1, 0.15) is 5.56 Å². The summed E-state index contributed by atoms with van der Waals surface area (Å²) in [5.41, 5.74) is 5.12. The number of pyridine rings is 1. The predicted octanol–water partition coefficient (Wildman–Crippen LogP) is 3.91. The first-order chi connectivity index (χ1) is 7.86. The number of benzene rings is 1. The molecule has 0 radical (unpaired) electrons. The van der Waals surface area contributed by atoms with Crippen LogP contribution < -0.4 is 0 Å². The third-order valence-electron chi connectivity index (χ3n) is 2.92. The highest BCUT2D eigenvalue weighted by Gasteiger charge is 2.07. The van der Waals surface area contributed by atoms with Crippen molar-refractivity contribution in [3.05, 3.63) is 66.4 Å². The summed E-state index contributed by atoms with van der Waals surface area (Å²) in [5, 5.41) is 0. The van der Waals surface area contributed by atoms with E-state index >= 15 is 0 Å². The van der Waals surface area contributed by atoms with Crippen molar-refractivity contribution in [2.45, 2.75) is 6.92 Å². The highest BCUT2D eigenvalue weighted by Crippen LogP contribution is 2.26. The van der Waals surface area contributed by atoms with Crippen molar-refractivity contribution >= 4 is 5.52 Å². The van der Waals surface area contributed by atoms with Crippen LogP contribution in [0.2, 0.25) is 0 Å². The molecule has 0 aliphatic heterocycles. The molecular formula is C15H13N. The maximum absolute atomic E-state index is 2.24. The van der Waals surface area contributed by atoms with Crippen molar-refractivity contribution in [1.29, 1.82) is 0 Å². The van der Waals surface area contributed by atoms with Gasteiger partial charge < -0.3 is 4.40 Å². The molecule has 3 aromatic rings. The summed E-state index contributed by atoms with van der Waals surface area (Å²) >= 11 is 0. The van der Waals surface area contributed by atoms with E-state index in [0.717, 1.165) is 0 Å². The summed E-state index contributed by atoms with van der Waals surface area (Å²) in [6, 6.07) is 19.0. The second kappa shape index (κ2) is 3.53. The van der Waals surface area contributed by atoms with Crippen molar-refractivity contribution in [2.75, 3.05) is 0 Å². The van der Waals surface area contributed by atoms with E-state index in [2.05, 4.69) is 72.1 Å². The third kappa shape index (κ3) is 1.33. The molecule has 0 N–H and O–H groups in total. The number of hydrogen-bond acceptors (Lipinski definition) is 0. The number of hydrogen-bond donors (Lipinski definition) is 0. The van der Waals surface area contributed by atoms with Crippen LogP contribution in [0.25, 0.3) is 16.8 Å². The normalized spacial score (nSPS) is 10.8. The van der Waals surface area contributed by atoms with E-state index in [-0.39, 0.29) is 0 Å². The molecule has 0 saturated carbocycles. The van der Waals surface area contributed by atoms with Gasteiger partial charge in [-0.05, 0) is 36.2 Å². The summed E-state index contributed by atoms with van der Waals surface area (Å²) in [6.45, 7) is 2.16. The van der Waals surface area contributed by atoms with Crippen LogP contribution in [0, 0.1) is 6.92 Å². The standard InChI is InChI=1S/C15H13N/c1-12-11-14-9-5-6-10-16(14)15(12)13-7-3-2-4-8-13/h2-11H,1H3. The Kier molecular flexibility index (Phi) is 2.03. The molecule has 1 nitrogen and oxygen atoms in total. The first kappa shape index (κ1) is 9.22. The van der Waals surface area contributed by atoms with E-state index < -0.39 is 0 Å². The second-order valence-electron chi connectivity index (χ2n) is 4.04. The van der Waals surface area contributed by atoms with Crippen LogP contribution in [0.3, 0.4) is 0 Å². The molecule has 0 amide bonds. The average Bonchev–Trinajstić information content (AvgIpc) is 2.66. The molecule has 0 bridgehead atoms. The predicted molar refractivity (Wildman–Crippen MR) is 67.6 cm³/mol. The minimum absolute atomic E-state index is 1.25. The zero-order chi connectivity index (χ0) is 11.0. The second-order valence-corrected chi connectivity index (χ2v) is 4.04. The summed E-state index contributed by atoms with van der Waals surface area (Å²) in [7, 11) is 0. The average molecular weight is 207 g/mol. The molecule has 3 rings (SSSR count). The molecule has 2 aromatic heterocycles. The van der Waals surface area contributed by atoms with Gasteiger partial charge in [-0.15, -0.1) is 0 Å². The monoisotopic (exact) mass is 207 g/mol. The minimum Gasteiger partial charge on any atom is -0.316 e. The molecule has 1 aromatic carbocycles. The molecule has 0 unspecified atom stereocenters. The van der Waals surface area contributed by atoms with Gasteiger partial charge in [0.05, 0.1) is 5.69 Å². The largest absolute Gasteiger partial charge is 0.316 e. The van der Waals surface area contributed by atoms with Gasteiger partial charge in [0.25, 0.3) is 0 Å². The maximum Gasteiger partial charge on any atom is 0.0557 e. The summed E-state index contributed by atoms with van der Waals surface area (Å²) in [6.07, 6.45) is 2.12. The zero-order valence-electron chi connectivity index (χ0n) is 9.22. The number of rotatable bonds is 1.